The molecule has 9 nitrogen and oxygen atoms in total. The van der Waals surface area contributed by atoms with E-state index in [-0.39, 0.29) is 6.54 Å². The summed E-state index contributed by atoms with van der Waals surface area (Å²) in [4.78, 5) is 13.2. The third kappa shape index (κ3) is 6.21. The maximum absolute atomic E-state index is 10.7. The van der Waals surface area contributed by atoms with Gasteiger partial charge in [-0.2, -0.15) is 0 Å². The smallest absolute Gasteiger partial charge is 0.325 e. The van der Waals surface area contributed by atoms with Crippen LogP contribution in [0.25, 0.3) is 0 Å². The number of hydrogen-bond acceptors (Lipinski definition) is 7. The molecule has 1 aromatic carbocycles. The SMILES string of the molecule is O=C(O)Cn1nnnc1NCCCOc1cccc(CN2CCCCC2)c1. The molecule has 0 unspecified atom stereocenters. The van der Waals surface area contributed by atoms with Crippen molar-refractivity contribution in [3.05, 3.63) is 29.8 Å². The summed E-state index contributed by atoms with van der Waals surface area (Å²) >= 11 is 0. The third-order valence-electron chi connectivity index (χ3n) is 4.44. The highest BCUT2D eigenvalue weighted by Crippen LogP contribution is 2.17. The molecule has 0 aliphatic carbocycles. The molecule has 1 saturated heterocycles. The second-order valence-corrected chi connectivity index (χ2v) is 6.67. The lowest BCUT2D eigenvalue weighted by atomic mass is 10.1. The molecule has 2 heterocycles. The summed E-state index contributed by atoms with van der Waals surface area (Å²) in [5, 5.41) is 22.7. The van der Waals surface area contributed by atoms with Crippen molar-refractivity contribution in [2.45, 2.75) is 38.8 Å². The molecule has 0 saturated carbocycles. The molecular weight excluding hydrogens is 348 g/mol. The van der Waals surface area contributed by atoms with Gasteiger partial charge in [0.05, 0.1) is 6.61 Å². The average molecular weight is 374 g/mol. The van der Waals surface area contributed by atoms with E-state index in [1.807, 2.05) is 12.1 Å². The van der Waals surface area contributed by atoms with Crippen LogP contribution in [0.5, 0.6) is 5.75 Å². The Morgan fingerprint density at radius 1 is 1.26 bits per heavy atom. The first-order chi connectivity index (χ1) is 13.2. The number of nitrogens with zero attached hydrogens (tertiary/aromatic N) is 5. The minimum absolute atomic E-state index is 0.268. The average Bonchev–Trinajstić information content (AvgIpc) is 3.09. The van der Waals surface area contributed by atoms with E-state index in [0.717, 1.165) is 18.7 Å². The molecule has 2 N–H and O–H groups in total. The molecule has 1 aliphatic rings. The van der Waals surface area contributed by atoms with Crippen LogP contribution in [-0.2, 0) is 17.9 Å². The number of likely N-dealkylation sites (tertiary alicyclic amines) is 1. The molecule has 1 aliphatic heterocycles. The van der Waals surface area contributed by atoms with Gasteiger partial charge < -0.3 is 15.2 Å². The van der Waals surface area contributed by atoms with Crippen molar-refractivity contribution in [3.8, 4) is 5.75 Å². The number of carbonyl (C=O) groups is 1. The molecular formula is C18H26N6O3. The second-order valence-electron chi connectivity index (χ2n) is 6.67. The lowest BCUT2D eigenvalue weighted by molar-refractivity contribution is -0.137. The van der Waals surface area contributed by atoms with Gasteiger partial charge in [-0.25, -0.2) is 4.68 Å². The number of aromatic nitrogens is 4. The van der Waals surface area contributed by atoms with Gasteiger partial charge in [0.25, 0.3) is 0 Å². The molecule has 2 aromatic rings. The van der Waals surface area contributed by atoms with E-state index in [9.17, 15) is 4.79 Å². The summed E-state index contributed by atoms with van der Waals surface area (Å²) < 4.78 is 7.05. The van der Waals surface area contributed by atoms with Gasteiger partial charge in [-0.3, -0.25) is 9.69 Å². The molecule has 3 rings (SSSR count). The van der Waals surface area contributed by atoms with Gasteiger partial charge in [-0.1, -0.05) is 23.7 Å². The number of nitrogens with one attached hydrogen (secondary N) is 1. The highest BCUT2D eigenvalue weighted by molar-refractivity contribution is 5.66. The normalized spacial score (nSPS) is 14.8. The Hall–Kier alpha value is -2.68. The molecule has 0 atom stereocenters. The Bertz CT molecular complexity index is 729. The van der Waals surface area contributed by atoms with E-state index >= 15 is 0 Å². The van der Waals surface area contributed by atoms with Crippen molar-refractivity contribution in [2.75, 3.05) is 31.6 Å². The summed E-state index contributed by atoms with van der Waals surface area (Å²) in [6.45, 7) is 4.21. The first kappa shape index (κ1) is 19.1. The Morgan fingerprint density at radius 3 is 2.93 bits per heavy atom. The van der Waals surface area contributed by atoms with Gasteiger partial charge in [0.1, 0.15) is 12.3 Å². The van der Waals surface area contributed by atoms with Crippen LogP contribution in [0.15, 0.2) is 24.3 Å². The topological polar surface area (TPSA) is 105 Å². The quantitative estimate of drug-likeness (QED) is 0.605. The highest BCUT2D eigenvalue weighted by atomic mass is 16.5. The van der Waals surface area contributed by atoms with Crippen molar-refractivity contribution in [3.63, 3.8) is 0 Å². The first-order valence-corrected chi connectivity index (χ1v) is 9.36. The summed E-state index contributed by atoms with van der Waals surface area (Å²) in [6, 6.07) is 8.26. The van der Waals surface area contributed by atoms with Gasteiger partial charge in [0.2, 0.25) is 5.95 Å². The number of aliphatic carboxylic acids is 1. The van der Waals surface area contributed by atoms with Gasteiger partial charge in [-0.15, -0.1) is 0 Å². The molecule has 0 radical (unpaired) electrons. The third-order valence-corrected chi connectivity index (χ3v) is 4.44. The molecule has 1 aromatic heterocycles. The molecule has 146 valence electrons. The number of carboxylic acid groups (broad SMARTS) is 1. The summed E-state index contributed by atoms with van der Waals surface area (Å²) in [5.74, 6) is 0.235. The minimum atomic E-state index is -0.988. The van der Waals surface area contributed by atoms with E-state index in [0.29, 0.717) is 19.1 Å². The predicted molar refractivity (Wildman–Crippen MR) is 99.6 cm³/mol. The van der Waals surface area contributed by atoms with Crippen LogP contribution in [0.1, 0.15) is 31.2 Å². The van der Waals surface area contributed by atoms with Crippen LogP contribution in [0.3, 0.4) is 0 Å². The number of benzene rings is 1. The Labute approximate surface area is 158 Å². The lowest BCUT2D eigenvalue weighted by Gasteiger charge is -2.26. The van der Waals surface area contributed by atoms with E-state index < -0.39 is 5.97 Å². The molecule has 0 spiro atoms. The summed E-state index contributed by atoms with van der Waals surface area (Å²) in [6.07, 6.45) is 4.67. The van der Waals surface area contributed by atoms with E-state index in [1.165, 1.54) is 42.6 Å². The fraction of sp³-hybridized carbons (Fsp3) is 0.556. The molecule has 1 fully saturated rings. The van der Waals surface area contributed by atoms with Crippen molar-refractivity contribution >= 4 is 11.9 Å². The van der Waals surface area contributed by atoms with Gasteiger partial charge >= 0.3 is 5.97 Å². The summed E-state index contributed by atoms with van der Waals surface area (Å²) in [7, 11) is 0. The highest BCUT2D eigenvalue weighted by Gasteiger charge is 2.11. The Morgan fingerprint density at radius 2 is 2.11 bits per heavy atom. The molecule has 0 amide bonds. The Balaban J connectivity index is 1.38. The number of anilines is 1. The zero-order valence-electron chi connectivity index (χ0n) is 15.4. The summed E-state index contributed by atoms with van der Waals surface area (Å²) in [5.41, 5.74) is 1.28. The number of carboxylic acids is 1. The molecule has 0 bridgehead atoms. The van der Waals surface area contributed by atoms with Crippen molar-refractivity contribution in [2.24, 2.45) is 0 Å². The maximum atomic E-state index is 10.7. The number of ether oxygens (including phenoxy) is 1. The van der Waals surface area contributed by atoms with Crippen LogP contribution in [0, 0.1) is 0 Å². The minimum Gasteiger partial charge on any atom is -0.494 e. The first-order valence-electron chi connectivity index (χ1n) is 9.36. The zero-order chi connectivity index (χ0) is 18.9. The number of piperidine rings is 1. The van der Waals surface area contributed by atoms with Crippen molar-refractivity contribution in [1.82, 2.24) is 25.1 Å². The van der Waals surface area contributed by atoms with Gasteiger partial charge in [0.15, 0.2) is 0 Å². The van der Waals surface area contributed by atoms with Crippen molar-refractivity contribution in [1.29, 1.82) is 0 Å². The van der Waals surface area contributed by atoms with Crippen LogP contribution in [0.2, 0.25) is 0 Å². The van der Waals surface area contributed by atoms with E-state index in [1.54, 1.807) is 0 Å². The monoisotopic (exact) mass is 374 g/mol. The maximum Gasteiger partial charge on any atom is 0.325 e. The second kappa shape index (κ2) is 9.86. The van der Waals surface area contributed by atoms with Gasteiger partial charge in [0, 0.05) is 13.1 Å². The van der Waals surface area contributed by atoms with Crippen LogP contribution < -0.4 is 10.1 Å². The van der Waals surface area contributed by atoms with Gasteiger partial charge in [-0.05, 0) is 60.5 Å². The van der Waals surface area contributed by atoms with Crippen LogP contribution in [-0.4, -0.2) is 62.4 Å². The molecule has 9 heteroatoms. The fourth-order valence-corrected chi connectivity index (χ4v) is 3.14. The lowest BCUT2D eigenvalue weighted by Crippen LogP contribution is -2.29. The van der Waals surface area contributed by atoms with Crippen molar-refractivity contribution < 1.29 is 14.6 Å². The number of hydrogen-bond donors (Lipinski definition) is 2. The number of rotatable bonds is 10. The fourth-order valence-electron chi connectivity index (χ4n) is 3.14. The van der Waals surface area contributed by atoms with E-state index in [2.05, 4.69) is 37.9 Å². The predicted octanol–water partition coefficient (Wildman–Crippen LogP) is 1.62. The van der Waals surface area contributed by atoms with Crippen LogP contribution in [0.4, 0.5) is 5.95 Å². The standard InChI is InChI=1S/C18H26N6O3/c25-17(26)14-24-18(20-21-22-24)19-8-5-11-27-16-7-4-6-15(12-16)13-23-9-2-1-3-10-23/h4,6-7,12H,1-3,5,8-11,13-14H2,(H,25,26)(H,19,20,22). The zero-order valence-corrected chi connectivity index (χ0v) is 15.4. The Kier molecular flexibility index (Phi) is 6.97. The molecule has 27 heavy (non-hydrogen) atoms. The largest absolute Gasteiger partial charge is 0.494 e. The van der Waals surface area contributed by atoms with Crippen LogP contribution >= 0.6 is 0 Å². The van der Waals surface area contributed by atoms with E-state index in [4.69, 9.17) is 9.84 Å². The number of tetrazole rings is 1.